The molecule has 3 rings (SSSR count). The monoisotopic (exact) mass is 292 g/mol. The van der Waals surface area contributed by atoms with Crippen molar-refractivity contribution >= 4 is 17.3 Å². The predicted octanol–water partition coefficient (Wildman–Crippen LogP) is 3.45. The van der Waals surface area contributed by atoms with E-state index in [0.717, 1.165) is 17.7 Å². The van der Waals surface area contributed by atoms with Gasteiger partial charge in [-0.3, -0.25) is 4.79 Å². The highest BCUT2D eigenvalue weighted by Gasteiger charge is 2.33. The van der Waals surface area contributed by atoms with E-state index in [1.165, 1.54) is 17.0 Å². The number of nitrogens with two attached hydrogens (primary N) is 1. The van der Waals surface area contributed by atoms with Gasteiger partial charge >= 0.3 is 6.18 Å². The summed E-state index contributed by atoms with van der Waals surface area (Å²) in [6, 6.07) is 9.68. The molecule has 6 heteroatoms. The fourth-order valence-corrected chi connectivity index (χ4v) is 2.38. The minimum atomic E-state index is -4.43. The maximum Gasteiger partial charge on any atom is 0.416 e. The van der Waals surface area contributed by atoms with E-state index >= 15 is 0 Å². The highest BCUT2D eigenvalue weighted by Crippen LogP contribution is 2.34. The van der Waals surface area contributed by atoms with Crippen LogP contribution in [0.1, 0.15) is 21.5 Å². The van der Waals surface area contributed by atoms with Crippen LogP contribution in [0.25, 0.3) is 0 Å². The first-order valence-corrected chi connectivity index (χ1v) is 6.24. The zero-order valence-electron chi connectivity index (χ0n) is 10.8. The Hall–Kier alpha value is -2.50. The topological polar surface area (TPSA) is 46.3 Å². The van der Waals surface area contributed by atoms with Gasteiger partial charge in [-0.2, -0.15) is 13.2 Å². The van der Waals surface area contributed by atoms with Gasteiger partial charge in [-0.05, 0) is 35.9 Å². The Labute approximate surface area is 118 Å². The average molecular weight is 292 g/mol. The van der Waals surface area contributed by atoms with Gasteiger partial charge in [0.2, 0.25) is 0 Å². The maximum absolute atomic E-state index is 12.7. The van der Waals surface area contributed by atoms with E-state index in [0.29, 0.717) is 11.3 Å². The number of nitrogen functional groups attached to an aromatic ring is 1. The third-order valence-corrected chi connectivity index (χ3v) is 3.42. The van der Waals surface area contributed by atoms with Crippen molar-refractivity contribution in [3.05, 3.63) is 59.2 Å². The van der Waals surface area contributed by atoms with Gasteiger partial charge in [0.1, 0.15) is 0 Å². The molecule has 0 aliphatic carbocycles. The molecule has 1 aliphatic heterocycles. The molecule has 2 aromatic rings. The van der Waals surface area contributed by atoms with Crippen LogP contribution >= 0.6 is 0 Å². The van der Waals surface area contributed by atoms with Crippen LogP contribution < -0.4 is 10.6 Å². The first-order chi connectivity index (χ1) is 9.86. The molecule has 0 atom stereocenters. The molecule has 21 heavy (non-hydrogen) atoms. The van der Waals surface area contributed by atoms with E-state index in [9.17, 15) is 18.0 Å². The van der Waals surface area contributed by atoms with E-state index in [1.54, 1.807) is 18.2 Å². The van der Waals surface area contributed by atoms with Crippen molar-refractivity contribution in [1.82, 2.24) is 0 Å². The van der Waals surface area contributed by atoms with Crippen LogP contribution in [0.3, 0.4) is 0 Å². The molecule has 0 spiro atoms. The molecule has 108 valence electrons. The molecule has 1 amide bonds. The van der Waals surface area contributed by atoms with Crippen LogP contribution in [0.5, 0.6) is 0 Å². The van der Waals surface area contributed by atoms with Crippen LogP contribution in [0, 0.1) is 0 Å². The quantitative estimate of drug-likeness (QED) is 0.818. The predicted molar refractivity (Wildman–Crippen MR) is 72.8 cm³/mol. The maximum atomic E-state index is 12.7. The Morgan fingerprint density at radius 3 is 2.57 bits per heavy atom. The van der Waals surface area contributed by atoms with Crippen LogP contribution in [0.4, 0.5) is 24.5 Å². The number of nitrogens with zero attached hydrogens (tertiary/aromatic N) is 1. The van der Waals surface area contributed by atoms with Crippen molar-refractivity contribution < 1.29 is 18.0 Å². The Bertz CT molecular complexity index is 725. The zero-order chi connectivity index (χ0) is 15.2. The molecule has 0 unspecified atom stereocenters. The molecule has 0 radical (unpaired) electrons. The Morgan fingerprint density at radius 1 is 1.10 bits per heavy atom. The number of amides is 1. The van der Waals surface area contributed by atoms with Crippen molar-refractivity contribution in [3.8, 4) is 0 Å². The number of alkyl halides is 3. The average Bonchev–Trinajstić information content (AvgIpc) is 2.75. The molecule has 0 saturated heterocycles. The summed E-state index contributed by atoms with van der Waals surface area (Å²) in [5.41, 5.74) is 6.74. The second-order valence-electron chi connectivity index (χ2n) is 4.86. The van der Waals surface area contributed by atoms with E-state index < -0.39 is 11.7 Å². The Morgan fingerprint density at radius 2 is 1.86 bits per heavy atom. The third-order valence-electron chi connectivity index (χ3n) is 3.42. The SMILES string of the molecule is Nc1ccc2c(c1)C(=O)N(c1cccc(C(F)(F)F)c1)C2. The summed E-state index contributed by atoms with van der Waals surface area (Å²) in [6.45, 7) is 0.246. The molecule has 2 N–H and O–H groups in total. The highest BCUT2D eigenvalue weighted by molar-refractivity contribution is 6.10. The summed E-state index contributed by atoms with van der Waals surface area (Å²) >= 11 is 0. The van der Waals surface area contributed by atoms with Crippen molar-refractivity contribution in [2.24, 2.45) is 0 Å². The number of halogens is 3. The second kappa shape index (κ2) is 4.51. The van der Waals surface area contributed by atoms with Crippen LogP contribution in [-0.2, 0) is 12.7 Å². The van der Waals surface area contributed by atoms with Crippen molar-refractivity contribution in [1.29, 1.82) is 0 Å². The lowest BCUT2D eigenvalue weighted by atomic mass is 10.1. The molecule has 0 fully saturated rings. The standard InChI is InChI=1S/C15H11F3N2O/c16-15(17,18)10-2-1-3-12(6-10)20-8-9-4-5-11(19)7-13(9)14(20)21/h1-7H,8,19H2. The minimum Gasteiger partial charge on any atom is -0.399 e. The summed E-state index contributed by atoms with van der Waals surface area (Å²) < 4.78 is 38.2. The molecule has 3 nitrogen and oxygen atoms in total. The van der Waals surface area contributed by atoms with Crippen molar-refractivity contribution in [2.75, 3.05) is 10.6 Å². The molecule has 0 bridgehead atoms. The van der Waals surface area contributed by atoms with Gasteiger partial charge in [-0.1, -0.05) is 12.1 Å². The van der Waals surface area contributed by atoms with Crippen LogP contribution in [0.15, 0.2) is 42.5 Å². The fraction of sp³-hybridized carbons (Fsp3) is 0.133. The summed E-state index contributed by atoms with van der Waals surface area (Å²) in [4.78, 5) is 13.6. The van der Waals surface area contributed by atoms with E-state index in [2.05, 4.69) is 0 Å². The number of carbonyl (C=O) groups excluding carboxylic acids is 1. The van der Waals surface area contributed by atoms with Gasteiger partial charge in [0, 0.05) is 16.9 Å². The number of anilines is 2. The number of carbonyl (C=O) groups is 1. The Kier molecular flexibility index (Phi) is 2.90. The van der Waals surface area contributed by atoms with Gasteiger partial charge in [-0.15, -0.1) is 0 Å². The van der Waals surface area contributed by atoms with Crippen LogP contribution in [0.2, 0.25) is 0 Å². The molecule has 2 aromatic carbocycles. The summed E-state index contributed by atoms with van der Waals surface area (Å²) in [6.07, 6.45) is -4.43. The Balaban J connectivity index is 1.99. The largest absolute Gasteiger partial charge is 0.416 e. The first kappa shape index (κ1) is 13.5. The smallest absolute Gasteiger partial charge is 0.399 e. The van der Waals surface area contributed by atoms with Gasteiger partial charge in [0.15, 0.2) is 0 Å². The van der Waals surface area contributed by atoms with E-state index in [1.807, 2.05) is 0 Å². The lowest BCUT2D eigenvalue weighted by Gasteiger charge is -2.17. The lowest BCUT2D eigenvalue weighted by molar-refractivity contribution is -0.137. The highest BCUT2D eigenvalue weighted by atomic mass is 19.4. The molecular weight excluding hydrogens is 281 g/mol. The van der Waals surface area contributed by atoms with Gasteiger partial charge < -0.3 is 10.6 Å². The number of rotatable bonds is 1. The summed E-state index contributed by atoms with van der Waals surface area (Å²) in [5.74, 6) is -0.336. The zero-order valence-corrected chi connectivity index (χ0v) is 10.8. The van der Waals surface area contributed by atoms with Crippen LogP contribution in [-0.4, -0.2) is 5.91 Å². The molecule has 1 aliphatic rings. The van der Waals surface area contributed by atoms with E-state index in [-0.39, 0.29) is 18.1 Å². The number of hydrogen-bond donors (Lipinski definition) is 1. The van der Waals surface area contributed by atoms with Crippen molar-refractivity contribution in [2.45, 2.75) is 12.7 Å². The minimum absolute atomic E-state index is 0.226. The molecular formula is C15H11F3N2O. The lowest BCUT2D eigenvalue weighted by Crippen LogP contribution is -2.23. The van der Waals surface area contributed by atoms with Gasteiger partial charge in [0.05, 0.1) is 12.1 Å². The summed E-state index contributed by atoms with van der Waals surface area (Å²) in [7, 11) is 0. The molecule has 0 saturated carbocycles. The third kappa shape index (κ3) is 2.33. The second-order valence-corrected chi connectivity index (χ2v) is 4.86. The number of benzene rings is 2. The summed E-state index contributed by atoms with van der Waals surface area (Å²) in [5, 5.41) is 0. The number of hydrogen-bond acceptors (Lipinski definition) is 2. The normalized spacial score (nSPS) is 14.4. The van der Waals surface area contributed by atoms with Gasteiger partial charge in [-0.25, -0.2) is 0 Å². The molecule has 0 aromatic heterocycles. The van der Waals surface area contributed by atoms with E-state index in [4.69, 9.17) is 5.73 Å². The first-order valence-electron chi connectivity index (χ1n) is 6.24. The fourth-order valence-electron chi connectivity index (χ4n) is 2.38. The number of fused-ring (bicyclic) bond motifs is 1. The molecule has 1 heterocycles. The van der Waals surface area contributed by atoms with Gasteiger partial charge in [0.25, 0.3) is 5.91 Å². The van der Waals surface area contributed by atoms with Crippen molar-refractivity contribution in [3.63, 3.8) is 0 Å².